The van der Waals surface area contributed by atoms with E-state index in [1.807, 2.05) is 11.1 Å². The number of nitrogens with one attached hydrogen (secondary N) is 1. The monoisotopic (exact) mass is 292 g/mol. The van der Waals surface area contributed by atoms with Gasteiger partial charge in [-0.25, -0.2) is 4.98 Å². The molecule has 1 N–H and O–H groups in total. The smallest absolute Gasteiger partial charge is 0.251 e. The molecule has 0 saturated carbocycles. The fraction of sp³-hybridized carbons (Fsp3) is 0.733. The van der Waals surface area contributed by atoms with Gasteiger partial charge in [-0.2, -0.15) is 0 Å². The van der Waals surface area contributed by atoms with Crippen LogP contribution in [0.1, 0.15) is 38.1 Å². The van der Waals surface area contributed by atoms with Crippen molar-refractivity contribution in [3.63, 3.8) is 0 Å². The summed E-state index contributed by atoms with van der Waals surface area (Å²) in [6.07, 6.45) is 6.45. The number of aromatic amines is 1. The molecule has 1 amide bonds. The average Bonchev–Trinajstić information content (AvgIpc) is 3.18. The van der Waals surface area contributed by atoms with E-state index in [1.54, 1.807) is 6.20 Å². The first-order valence-corrected chi connectivity index (χ1v) is 7.82. The molecule has 2 saturated heterocycles. The minimum absolute atomic E-state index is 0.140. The second-order valence-electron chi connectivity index (χ2n) is 5.99. The molecule has 2 aliphatic heterocycles. The van der Waals surface area contributed by atoms with Crippen molar-refractivity contribution in [3.05, 3.63) is 18.2 Å². The van der Waals surface area contributed by atoms with Crippen molar-refractivity contribution in [3.8, 4) is 0 Å². The Bertz CT molecular complexity index is 476. The number of hydrogen-bond acceptors (Lipinski definition) is 4. The molecule has 2 aliphatic rings. The molecule has 21 heavy (non-hydrogen) atoms. The van der Waals surface area contributed by atoms with E-state index in [0.29, 0.717) is 6.54 Å². The summed E-state index contributed by atoms with van der Waals surface area (Å²) in [6, 6.07) is 0.140. The van der Waals surface area contributed by atoms with Gasteiger partial charge in [0.1, 0.15) is 11.9 Å². The lowest BCUT2D eigenvalue weighted by Gasteiger charge is -2.39. The van der Waals surface area contributed by atoms with Crippen molar-refractivity contribution in [2.24, 2.45) is 0 Å². The van der Waals surface area contributed by atoms with Crippen LogP contribution in [0.4, 0.5) is 0 Å². The van der Waals surface area contributed by atoms with E-state index in [2.05, 4.69) is 28.8 Å². The van der Waals surface area contributed by atoms with Gasteiger partial charge in [-0.1, -0.05) is 6.92 Å². The predicted octanol–water partition coefficient (Wildman–Crippen LogP) is 1.18. The first kappa shape index (κ1) is 14.5. The minimum atomic E-state index is -0.240. The molecule has 0 aliphatic carbocycles. The van der Waals surface area contributed by atoms with Crippen molar-refractivity contribution in [2.45, 2.75) is 44.4 Å². The van der Waals surface area contributed by atoms with Crippen LogP contribution in [0.3, 0.4) is 0 Å². The molecule has 1 aromatic heterocycles. The van der Waals surface area contributed by atoms with Crippen molar-refractivity contribution >= 4 is 5.91 Å². The van der Waals surface area contributed by atoms with Gasteiger partial charge in [0.25, 0.3) is 5.91 Å². The fourth-order valence-electron chi connectivity index (χ4n) is 3.22. The van der Waals surface area contributed by atoms with Crippen LogP contribution in [-0.4, -0.2) is 64.6 Å². The largest absolute Gasteiger partial charge is 0.365 e. The lowest BCUT2D eigenvalue weighted by Crippen LogP contribution is -2.51. The highest BCUT2D eigenvalue weighted by atomic mass is 16.5. The molecule has 3 rings (SSSR count). The Morgan fingerprint density at radius 2 is 2.33 bits per heavy atom. The Balaban J connectivity index is 1.65. The van der Waals surface area contributed by atoms with Gasteiger partial charge in [0, 0.05) is 32.0 Å². The average molecular weight is 292 g/mol. The van der Waals surface area contributed by atoms with E-state index in [0.717, 1.165) is 38.2 Å². The number of carbonyl (C=O) groups is 1. The van der Waals surface area contributed by atoms with Crippen LogP contribution in [0, 0.1) is 0 Å². The fourth-order valence-corrected chi connectivity index (χ4v) is 3.22. The molecule has 0 bridgehead atoms. The highest BCUT2D eigenvalue weighted by Crippen LogP contribution is 2.26. The van der Waals surface area contributed by atoms with E-state index in [1.165, 1.54) is 0 Å². The number of likely N-dealkylation sites (N-methyl/N-ethyl adjacent to an activating group) is 1. The Hall–Kier alpha value is -1.40. The van der Waals surface area contributed by atoms with E-state index in [-0.39, 0.29) is 24.2 Å². The third-order valence-corrected chi connectivity index (χ3v) is 4.63. The first-order valence-electron chi connectivity index (χ1n) is 7.82. The topological polar surface area (TPSA) is 61.5 Å². The molecular weight excluding hydrogens is 268 g/mol. The van der Waals surface area contributed by atoms with Crippen LogP contribution in [0.2, 0.25) is 0 Å². The summed E-state index contributed by atoms with van der Waals surface area (Å²) in [6.45, 7) is 4.42. The summed E-state index contributed by atoms with van der Waals surface area (Å²) in [5, 5.41) is 0. The number of H-pyrrole nitrogens is 1. The predicted molar refractivity (Wildman–Crippen MR) is 78.7 cm³/mol. The summed E-state index contributed by atoms with van der Waals surface area (Å²) in [7, 11) is 2.08. The second-order valence-corrected chi connectivity index (χ2v) is 5.99. The number of carbonyl (C=O) groups excluding carboxylic acids is 1. The van der Waals surface area contributed by atoms with E-state index in [9.17, 15) is 4.79 Å². The van der Waals surface area contributed by atoms with Gasteiger partial charge in [-0.3, -0.25) is 9.69 Å². The SMILES string of the molecule is CC[C@@H]1CC[C@@H](C(=O)N2CCN(C)[C@@H](c3ncc[nH]3)C2)O1. The minimum Gasteiger partial charge on any atom is -0.365 e. The number of imidazole rings is 1. The molecule has 0 radical (unpaired) electrons. The molecule has 3 atom stereocenters. The molecule has 6 nitrogen and oxygen atoms in total. The number of amides is 1. The highest BCUT2D eigenvalue weighted by molar-refractivity contribution is 5.81. The van der Waals surface area contributed by atoms with Gasteiger partial charge in [-0.15, -0.1) is 0 Å². The molecule has 2 fully saturated rings. The lowest BCUT2D eigenvalue weighted by atomic mass is 10.1. The van der Waals surface area contributed by atoms with Crippen molar-refractivity contribution < 1.29 is 9.53 Å². The van der Waals surface area contributed by atoms with Crippen LogP contribution >= 0.6 is 0 Å². The molecule has 0 aromatic carbocycles. The zero-order valence-corrected chi connectivity index (χ0v) is 12.8. The van der Waals surface area contributed by atoms with Gasteiger partial charge in [0.05, 0.1) is 12.1 Å². The number of ether oxygens (including phenoxy) is 1. The molecule has 1 aromatic rings. The van der Waals surface area contributed by atoms with Crippen LogP contribution in [0.5, 0.6) is 0 Å². The number of rotatable bonds is 3. The van der Waals surface area contributed by atoms with Crippen molar-refractivity contribution in [2.75, 3.05) is 26.7 Å². The molecular formula is C15H24N4O2. The number of nitrogens with zero attached hydrogens (tertiary/aromatic N) is 3. The van der Waals surface area contributed by atoms with Crippen molar-refractivity contribution in [1.82, 2.24) is 19.8 Å². The third-order valence-electron chi connectivity index (χ3n) is 4.63. The summed E-state index contributed by atoms with van der Waals surface area (Å²) >= 11 is 0. The first-order chi connectivity index (χ1) is 10.2. The lowest BCUT2D eigenvalue weighted by molar-refractivity contribution is -0.145. The van der Waals surface area contributed by atoms with Gasteiger partial charge < -0.3 is 14.6 Å². The summed E-state index contributed by atoms with van der Waals surface area (Å²) < 4.78 is 5.85. The van der Waals surface area contributed by atoms with Crippen LogP contribution in [0.25, 0.3) is 0 Å². The summed E-state index contributed by atoms with van der Waals surface area (Å²) in [5.41, 5.74) is 0. The Kier molecular flexibility index (Phi) is 4.26. The summed E-state index contributed by atoms with van der Waals surface area (Å²) in [5.74, 6) is 1.07. The normalized spacial score (nSPS) is 30.8. The maximum Gasteiger partial charge on any atom is 0.251 e. The van der Waals surface area contributed by atoms with Gasteiger partial charge >= 0.3 is 0 Å². The zero-order valence-electron chi connectivity index (χ0n) is 12.8. The zero-order chi connectivity index (χ0) is 14.8. The standard InChI is InChI=1S/C15H24N4O2/c1-3-11-4-5-13(21-11)15(20)19-9-8-18(2)12(10-19)14-16-6-7-17-14/h6-7,11-13H,3-5,8-10H2,1-2H3,(H,16,17)/t11-,12-,13+/m1/s1. The highest BCUT2D eigenvalue weighted by Gasteiger charge is 2.36. The molecule has 0 unspecified atom stereocenters. The van der Waals surface area contributed by atoms with Crippen molar-refractivity contribution in [1.29, 1.82) is 0 Å². The Morgan fingerprint density at radius 1 is 1.48 bits per heavy atom. The van der Waals surface area contributed by atoms with Gasteiger partial charge in [0.15, 0.2) is 0 Å². The van der Waals surface area contributed by atoms with Gasteiger partial charge in [-0.05, 0) is 26.3 Å². The Morgan fingerprint density at radius 3 is 3.00 bits per heavy atom. The van der Waals surface area contributed by atoms with Gasteiger partial charge in [0.2, 0.25) is 0 Å². The molecule has 116 valence electrons. The maximum absolute atomic E-state index is 12.6. The number of aromatic nitrogens is 2. The van der Waals surface area contributed by atoms with E-state index < -0.39 is 0 Å². The number of hydrogen-bond donors (Lipinski definition) is 1. The van der Waals surface area contributed by atoms with E-state index >= 15 is 0 Å². The molecule has 3 heterocycles. The van der Waals surface area contributed by atoms with Crippen LogP contribution in [0.15, 0.2) is 12.4 Å². The molecule has 6 heteroatoms. The quantitative estimate of drug-likeness (QED) is 0.909. The van der Waals surface area contributed by atoms with E-state index in [4.69, 9.17) is 4.74 Å². The summed E-state index contributed by atoms with van der Waals surface area (Å²) in [4.78, 5) is 24.3. The van der Waals surface area contributed by atoms with Crippen LogP contribution < -0.4 is 0 Å². The number of piperazine rings is 1. The second kappa shape index (κ2) is 6.15. The molecule has 0 spiro atoms. The van der Waals surface area contributed by atoms with Crippen LogP contribution in [-0.2, 0) is 9.53 Å². The Labute approximate surface area is 125 Å². The maximum atomic E-state index is 12.6. The third kappa shape index (κ3) is 2.96.